The molecule has 0 radical (unpaired) electrons. The molecule has 1 heterocycles. The largest absolute Gasteiger partial charge is 0.385 e. The molecular weight excluding hydrogens is 222 g/mol. The van der Waals surface area contributed by atoms with Gasteiger partial charge in [-0.3, -0.25) is 0 Å². The SMILES string of the molecule is NCC[C@H](O)c1ncc(Br)cn1. The zero-order chi connectivity index (χ0) is 8.97. The van der Waals surface area contributed by atoms with Gasteiger partial charge in [-0.25, -0.2) is 9.97 Å². The lowest BCUT2D eigenvalue weighted by Crippen LogP contribution is -2.09. The molecule has 0 spiro atoms. The Hall–Kier alpha value is -0.520. The van der Waals surface area contributed by atoms with E-state index < -0.39 is 6.10 Å². The number of hydrogen-bond acceptors (Lipinski definition) is 4. The molecule has 4 nitrogen and oxygen atoms in total. The van der Waals surface area contributed by atoms with E-state index in [4.69, 9.17) is 5.73 Å². The summed E-state index contributed by atoms with van der Waals surface area (Å²) in [5, 5.41) is 9.39. The number of hydrogen-bond donors (Lipinski definition) is 2. The summed E-state index contributed by atoms with van der Waals surface area (Å²) in [7, 11) is 0. The first-order valence-electron chi connectivity index (χ1n) is 3.59. The van der Waals surface area contributed by atoms with Crippen LogP contribution in [-0.2, 0) is 0 Å². The number of rotatable bonds is 3. The second-order valence-corrected chi connectivity index (χ2v) is 3.27. The molecule has 0 bridgehead atoms. The van der Waals surface area contributed by atoms with E-state index in [1.807, 2.05) is 0 Å². The second-order valence-electron chi connectivity index (χ2n) is 2.35. The summed E-state index contributed by atoms with van der Waals surface area (Å²) < 4.78 is 0.797. The molecule has 1 rings (SSSR count). The predicted octanol–water partition coefficient (Wildman–Crippen LogP) is 0.621. The summed E-state index contributed by atoms with van der Waals surface area (Å²) in [6, 6.07) is 0. The van der Waals surface area contributed by atoms with E-state index >= 15 is 0 Å². The van der Waals surface area contributed by atoms with Crippen LogP contribution >= 0.6 is 15.9 Å². The smallest absolute Gasteiger partial charge is 0.156 e. The Bertz CT molecular complexity index is 239. The van der Waals surface area contributed by atoms with Crippen molar-refractivity contribution in [3.8, 4) is 0 Å². The summed E-state index contributed by atoms with van der Waals surface area (Å²) >= 11 is 3.20. The number of nitrogens with two attached hydrogens (primary N) is 1. The van der Waals surface area contributed by atoms with Crippen LogP contribution in [0.2, 0.25) is 0 Å². The molecule has 0 aliphatic heterocycles. The Morgan fingerprint density at radius 2 is 2.08 bits per heavy atom. The summed E-state index contributed by atoms with van der Waals surface area (Å²) in [4.78, 5) is 7.87. The zero-order valence-corrected chi connectivity index (χ0v) is 8.03. The van der Waals surface area contributed by atoms with Gasteiger partial charge in [0.05, 0.1) is 4.47 Å². The fraction of sp³-hybridized carbons (Fsp3) is 0.429. The van der Waals surface area contributed by atoms with Crippen molar-refractivity contribution in [1.29, 1.82) is 0 Å². The number of aliphatic hydroxyl groups is 1. The maximum Gasteiger partial charge on any atom is 0.156 e. The van der Waals surface area contributed by atoms with Crippen molar-refractivity contribution in [2.75, 3.05) is 6.54 Å². The molecule has 0 saturated carbocycles. The van der Waals surface area contributed by atoms with Gasteiger partial charge in [-0.15, -0.1) is 0 Å². The fourth-order valence-corrected chi connectivity index (χ4v) is 0.986. The summed E-state index contributed by atoms with van der Waals surface area (Å²) in [5.41, 5.74) is 5.27. The van der Waals surface area contributed by atoms with E-state index in [9.17, 15) is 5.11 Å². The van der Waals surface area contributed by atoms with E-state index in [2.05, 4.69) is 25.9 Å². The Morgan fingerprint density at radius 1 is 1.50 bits per heavy atom. The molecule has 5 heteroatoms. The monoisotopic (exact) mass is 231 g/mol. The van der Waals surface area contributed by atoms with Crippen molar-refractivity contribution in [2.24, 2.45) is 5.73 Å². The van der Waals surface area contributed by atoms with E-state index in [0.29, 0.717) is 18.8 Å². The normalized spacial score (nSPS) is 12.9. The van der Waals surface area contributed by atoms with Crippen LogP contribution in [0.25, 0.3) is 0 Å². The van der Waals surface area contributed by atoms with E-state index in [0.717, 1.165) is 4.47 Å². The fourth-order valence-electron chi connectivity index (χ4n) is 0.781. The van der Waals surface area contributed by atoms with Gasteiger partial charge in [-0.05, 0) is 28.9 Å². The molecule has 0 amide bonds. The highest BCUT2D eigenvalue weighted by molar-refractivity contribution is 9.10. The molecule has 0 unspecified atom stereocenters. The third kappa shape index (κ3) is 2.51. The zero-order valence-electron chi connectivity index (χ0n) is 6.44. The Balaban J connectivity index is 2.68. The van der Waals surface area contributed by atoms with Gasteiger partial charge in [0, 0.05) is 12.4 Å². The van der Waals surface area contributed by atoms with Crippen LogP contribution in [0.1, 0.15) is 18.3 Å². The summed E-state index contributed by atoms with van der Waals surface area (Å²) in [6.45, 7) is 0.431. The van der Waals surface area contributed by atoms with Gasteiger partial charge in [0.25, 0.3) is 0 Å². The maximum absolute atomic E-state index is 9.39. The molecule has 1 atom stereocenters. The Morgan fingerprint density at radius 3 is 2.58 bits per heavy atom. The van der Waals surface area contributed by atoms with Gasteiger partial charge in [-0.1, -0.05) is 0 Å². The summed E-state index contributed by atoms with van der Waals surface area (Å²) in [5.74, 6) is 0.420. The standard InChI is InChI=1S/C7H10BrN3O/c8-5-3-10-7(11-4-5)6(12)1-2-9/h3-4,6,12H,1-2,9H2/t6-/m0/s1. The molecule has 1 aromatic rings. The third-order valence-corrected chi connectivity index (χ3v) is 1.79. The summed E-state index contributed by atoms with van der Waals surface area (Å²) in [6.07, 6.45) is 3.04. The molecule has 0 aliphatic carbocycles. The first-order chi connectivity index (χ1) is 5.74. The average molecular weight is 232 g/mol. The van der Waals surface area contributed by atoms with Crippen LogP contribution in [0.4, 0.5) is 0 Å². The molecule has 0 aromatic carbocycles. The lowest BCUT2D eigenvalue weighted by Gasteiger charge is -2.06. The molecule has 12 heavy (non-hydrogen) atoms. The van der Waals surface area contributed by atoms with Crippen molar-refractivity contribution in [3.05, 3.63) is 22.7 Å². The first-order valence-corrected chi connectivity index (χ1v) is 4.39. The van der Waals surface area contributed by atoms with Gasteiger partial charge >= 0.3 is 0 Å². The lowest BCUT2D eigenvalue weighted by atomic mass is 10.2. The number of halogens is 1. The van der Waals surface area contributed by atoms with Crippen LogP contribution in [0.3, 0.4) is 0 Å². The molecule has 0 aliphatic rings. The van der Waals surface area contributed by atoms with Gasteiger partial charge < -0.3 is 10.8 Å². The highest BCUT2D eigenvalue weighted by Gasteiger charge is 2.08. The van der Waals surface area contributed by atoms with E-state index in [1.165, 1.54) is 0 Å². The highest BCUT2D eigenvalue weighted by Crippen LogP contribution is 2.12. The number of nitrogens with zero attached hydrogens (tertiary/aromatic N) is 2. The minimum atomic E-state index is -0.650. The van der Waals surface area contributed by atoms with Crippen molar-refractivity contribution in [3.63, 3.8) is 0 Å². The van der Waals surface area contributed by atoms with Gasteiger partial charge in [0.15, 0.2) is 5.82 Å². The Labute approximate surface area is 79.0 Å². The topological polar surface area (TPSA) is 72.0 Å². The van der Waals surface area contributed by atoms with Crippen molar-refractivity contribution in [2.45, 2.75) is 12.5 Å². The van der Waals surface area contributed by atoms with E-state index in [1.54, 1.807) is 12.4 Å². The van der Waals surface area contributed by atoms with Crippen LogP contribution in [0.15, 0.2) is 16.9 Å². The van der Waals surface area contributed by atoms with Gasteiger partial charge in [-0.2, -0.15) is 0 Å². The van der Waals surface area contributed by atoms with Crippen LogP contribution in [-0.4, -0.2) is 21.6 Å². The van der Waals surface area contributed by atoms with Gasteiger partial charge in [0.2, 0.25) is 0 Å². The number of aromatic nitrogens is 2. The lowest BCUT2D eigenvalue weighted by molar-refractivity contribution is 0.160. The maximum atomic E-state index is 9.39. The molecule has 0 fully saturated rings. The molecule has 1 aromatic heterocycles. The van der Waals surface area contributed by atoms with Crippen LogP contribution in [0.5, 0.6) is 0 Å². The third-order valence-electron chi connectivity index (χ3n) is 1.38. The van der Waals surface area contributed by atoms with Crippen molar-refractivity contribution < 1.29 is 5.11 Å². The van der Waals surface area contributed by atoms with Gasteiger partial charge in [0.1, 0.15) is 6.10 Å². The van der Waals surface area contributed by atoms with Crippen LogP contribution < -0.4 is 5.73 Å². The first kappa shape index (κ1) is 9.57. The van der Waals surface area contributed by atoms with E-state index in [-0.39, 0.29) is 0 Å². The van der Waals surface area contributed by atoms with Crippen LogP contribution in [0, 0.1) is 0 Å². The minimum Gasteiger partial charge on any atom is -0.385 e. The average Bonchev–Trinajstić information content (AvgIpc) is 2.06. The number of aliphatic hydroxyl groups excluding tert-OH is 1. The van der Waals surface area contributed by atoms with Crippen molar-refractivity contribution >= 4 is 15.9 Å². The Kier molecular flexibility index (Phi) is 3.58. The minimum absolute atomic E-state index is 0.420. The quantitative estimate of drug-likeness (QED) is 0.801. The molecule has 0 saturated heterocycles. The molecule has 3 N–H and O–H groups in total. The second kappa shape index (κ2) is 4.49. The van der Waals surface area contributed by atoms with Crippen molar-refractivity contribution in [1.82, 2.24) is 9.97 Å². The highest BCUT2D eigenvalue weighted by atomic mass is 79.9. The predicted molar refractivity (Wildman–Crippen MR) is 48.4 cm³/mol. The molecular formula is C7H10BrN3O. The molecule has 66 valence electrons.